The number of H-pyrrole nitrogens is 1. The Kier molecular flexibility index (Phi) is 4.62. The van der Waals surface area contributed by atoms with Gasteiger partial charge in [0.25, 0.3) is 5.91 Å². The lowest BCUT2D eigenvalue weighted by Crippen LogP contribution is -2.26. The highest BCUT2D eigenvalue weighted by atomic mass is 16.5. The smallest absolute Gasteiger partial charge is 0.255 e. The number of carbonyl (C=O) groups is 1. The standard InChI is InChI=1S/C19H20N2O2/c1-2-23-18-10-6-4-8-16(18)19(22)20-12-11-14-13-21-17-9-5-3-7-15(14)17/h3-10,13,21H,2,11-12H2,1H3,(H,20,22). The summed E-state index contributed by atoms with van der Waals surface area (Å²) >= 11 is 0. The number of hydrogen-bond acceptors (Lipinski definition) is 2. The van der Waals surface area contributed by atoms with Gasteiger partial charge < -0.3 is 15.0 Å². The summed E-state index contributed by atoms with van der Waals surface area (Å²) in [6.07, 6.45) is 2.79. The number of fused-ring (bicyclic) bond motifs is 1. The Morgan fingerprint density at radius 3 is 2.78 bits per heavy atom. The van der Waals surface area contributed by atoms with E-state index in [1.54, 1.807) is 6.07 Å². The second kappa shape index (κ2) is 7.01. The van der Waals surface area contributed by atoms with Crippen molar-refractivity contribution in [3.05, 3.63) is 65.9 Å². The van der Waals surface area contributed by atoms with E-state index in [4.69, 9.17) is 4.74 Å². The van der Waals surface area contributed by atoms with E-state index in [1.807, 2.05) is 43.5 Å². The molecule has 118 valence electrons. The molecule has 0 bridgehead atoms. The van der Waals surface area contributed by atoms with E-state index in [9.17, 15) is 4.79 Å². The van der Waals surface area contributed by atoms with Gasteiger partial charge in [0.05, 0.1) is 12.2 Å². The van der Waals surface area contributed by atoms with Crippen molar-refractivity contribution in [2.75, 3.05) is 13.2 Å². The van der Waals surface area contributed by atoms with Gasteiger partial charge in [-0.15, -0.1) is 0 Å². The van der Waals surface area contributed by atoms with E-state index in [-0.39, 0.29) is 5.91 Å². The van der Waals surface area contributed by atoms with Crippen molar-refractivity contribution in [2.45, 2.75) is 13.3 Å². The summed E-state index contributed by atoms with van der Waals surface area (Å²) in [7, 11) is 0. The molecule has 0 spiro atoms. The second-order valence-corrected chi connectivity index (χ2v) is 5.29. The minimum absolute atomic E-state index is 0.103. The van der Waals surface area contributed by atoms with Crippen LogP contribution >= 0.6 is 0 Å². The van der Waals surface area contributed by atoms with Crippen molar-refractivity contribution in [1.29, 1.82) is 0 Å². The molecule has 4 heteroatoms. The number of aromatic amines is 1. The molecule has 2 N–H and O–H groups in total. The van der Waals surface area contributed by atoms with Crippen LogP contribution in [0.2, 0.25) is 0 Å². The van der Waals surface area contributed by atoms with Crippen molar-refractivity contribution >= 4 is 16.8 Å². The Morgan fingerprint density at radius 2 is 1.91 bits per heavy atom. The van der Waals surface area contributed by atoms with E-state index in [1.165, 1.54) is 10.9 Å². The van der Waals surface area contributed by atoms with Gasteiger partial charge in [0.1, 0.15) is 5.75 Å². The maximum atomic E-state index is 12.3. The minimum atomic E-state index is -0.103. The lowest BCUT2D eigenvalue weighted by atomic mass is 10.1. The Hall–Kier alpha value is -2.75. The first-order valence-electron chi connectivity index (χ1n) is 7.84. The van der Waals surface area contributed by atoms with Crippen molar-refractivity contribution < 1.29 is 9.53 Å². The third kappa shape index (κ3) is 3.37. The molecule has 0 aliphatic carbocycles. The summed E-state index contributed by atoms with van der Waals surface area (Å²) in [6.45, 7) is 3.03. The SMILES string of the molecule is CCOc1ccccc1C(=O)NCCc1c[nH]c2ccccc12. The largest absolute Gasteiger partial charge is 0.493 e. The number of aromatic nitrogens is 1. The molecule has 1 heterocycles. The fourth-order valence-electron chi connectivity index (χ4n) is 2.68. The van der Waals surface area contributed by atoms with Crippen LogP contribution in [0.25, 0.3) is 10.9 Å². The molecule has 0 radical (unpaired) electrons. The monoisotopic (exact) mass is 308 g/mol. The van der Waals surface area contributed by atoms with Crippen LogP contribution in [0.1, 0.15) is 22.8 Å². The van der Waals surface area contributed by atoms with Crippen LogP contribution < -0.4 is 10.1 Å². The minimum Gasteiger partial charge on any atom is -0.493 e. The fraction of sp³-hybridized carbons (Fsp3) is 0.211. The first-order chi connectivity index (χ1) is 11.3. The third-order valence-electron chi connectivity index (χ3n) is 3.79. The Balaban J connectivity index is 1.63. The molecule has 1 amide bonds. The molecule has 1 aromatic heterocycles. The highest BCUT2D eigenvalue weighted by Gasteiger charge is 2.11. The van der Waals surface area contributed by atoms with Crippen LogP contribution in [0, 0.1) is 0 Å². The van der Waals surface area contributed by atoms with Crippen LogP contribution in [0.3, 0.4) is 0 Å². The van der Waals surface area contributed by atoms with Crippen molar-refractivity contribution in [3.8, 4) is 5.75 Å². The molecular formula is C19H20N2O2. The van der Waals surface area contributed by atoms with Crippen LogP contribution in [0.4, 0.5) is 0 Å². The lowest BCUT2D eigenvalue weighted by Gasteiger charge is -2.10. The number of benzene rings is 2. The van der Waals surface area contributed by atoms with Gasteiger partial charge in [-0.05, 0) is 37.1 Å². The first-order valence-corrected chi connectivity index (χ1v) is 7.84. The van der Waals surface area contributed by atoms with Gasteiger partial charge in [0, 0.05) is 23.6 Å². The Morgan fingerprint density at radius 1 is 1.13 bits per heavy atom. The zero-order valence-electron chi connectivity index (χ0n) is 13.1. The molecule has 0 saturated heterocycles. The quantitative estimate of drug-likeness (QED) is 0.732. The molecule has 0 aliphatic heterocycles. The highest BCUT2D eigenvalue weighted by molar-refractivity contribution is 5.96. The van der Waals surface area contributed by atoms with Crippen LogP contribution in [-0.4, -0.2) is 24.0 Å². The molecule has 0 saturated carbocycles. The molecule has 3 rings (SSSR count). The van der Waals surface area contributed by atoms with Crippen LogP contribution in [-0.2, 0) is 6.42 Å². The predicted molar refractivity (Wildman–Crippen MR) is 91.9 cm³/mol. The molecule has 23 heavy (non-hydrogen) atoms. The van der Waals surface area contributed by atoms with Crippen molar-refractivity contribution in [2.24, 2.45) is 0 Å². The Labute approximate surface area is 135 Å². The van der Waals surface area contributed by atoms with E-state index < -0.39 is 0 Å². The lowest BCUT2D eigenvalue weighted by molar-refractivity contribution is 0.0950. The fourth-order valence-corrected chi connectivity index (χ4v) is 2.68. The molecule has 0 atom stereocenters. The van der Waals surface area contributed by atoms with Crippen LogP contribution in [0.5, 0.6) is 5.75 Å². The third-order valence-corrected chi connectivity index (χ3v) is 3.79. The number of carbonyl (C=O) groups excluding carboxylic acids is 1. The van der Waals surface area contributed by atoms with E-state index in [0.29, 0.717) is 24.5 Å². The number of para-hydroxylation sites is 2. The topological polar surface area (TPSA) is 54.1 Å². The average molecular weight is 308 g/mol. The van der Waals surface area contributed by atoms with E-state index in [2.05, 4.69) is 22.4 Å². The van der Waals surface area contributed by atoms with Gasteiger partial charge in [-0.1, -0.05) is 30.3 Å². The van der Waals surface area contributed by atoms with Gasteiger partial charge in [0.15, 0.2) is 0 Å². The summed E-state index contributed by atoms with van der Waals surface area (Å²) in [5.74, 6) is 0.522. The maximum Gasteiger partial charge on any atom is 0.255 e. The molecule has 0 aliphatic rings. The van der Waals surface area contributed by atoms with Gasteiger partial charge in [-0.2, -0.15) is 0 Å². The van der Waals surface area contributed by atoms with Crippen molar-refractivity contribution in [3.63, 3.8) is 0 Å². The van der Waals surface area contributed by atoms with Gasteiger partial charge in [-0.3, -0.25) is 4.79 Å². The zero-order chi connectivity index (χ0) is 16.1. The number of nitrogens with one attached hydrogen (secondary N) is 2. The number of amides is 1. The summed E-state index contributed by atoms with van der Waals surface area (Å²) in [5.41, 5.74) is 2.91. The predicted octanol–water partition coefficient (Wildman–Crippen LogP) is 3.54. The molecule has 2 aromatic carbocycles. The van der Waals surface area contributed by atoms with Crippen molar-refractivity contribution in [1.82, 2.24) is 10.3 Å². The summed E-state index contributed by atoms with van der Waals surface area (Å²) < 4.78 is 5.50. The summed E-state index contributed by atoms with van der Waals surface area (Å²) in [4.78, 5) is 15.6. The summed E-state index contributed by atoms with van der Waals surface area (Å²) in [6, 6.07) is 15.5. The second-order valence-electron chi connectivity index (χ2n) is 5.29. The molecule has 0 fully saturated rings. The zero-order valence-corrected chi connectivity index (χ0v) is 13.1. The summed E-state index contributed by atoms with van der Waals surface area (Å²) in [5, 5.41) is 4.17. The molecule has 4 nitrogen and oxygen atoms in total. The number of ether oxygens (including phenoxy) is 1. The van der Waals surface area contributed by atoms with Gasteiger partial charge in [-0.25, -0.2) is 0 Å². The molecule has 0 unspecified atom stereocenters. The number of hydrogen-bond donors (Lipinski definition) is 2. The molecule has 3 aromatic rings. The Bertz CT molecular complexity index is 808. The maximum absolute atomic E-state index is 12.3. The van der Waals surface area contributed by atoms with E-state index in [0.717, 1.165) is 11.9 Å². The molecular weight excluding hydrogens is 288 g/mol. The first kappa shape index (κ1) is 15.2. The van der Waals surface area contributed by atoms with E-state index >= 15 is 0 Å². The normalized spacial score (nSPS) is 10.7. The van der Waals surface area contributed by atoms with Gasteiger partial charge >= 0.3 is 0 Å². The van der Waals surface area contributed by atoms with Gasteiger partial charge in [0.2, 0.25) is 0 Å². The highest BCUT2D eigenvalue weighted by Crippen LogP contribution is 2.19. The average Bonchev–Trinajstić information content (AvgIpc) is 2.99. The van der Waals surface area contributed by atoms with Crippen LogP contribution in [0.15, 0.2) is 54.7 Å². The number of rotatable bonds is 6.